The Morgan fingerprint density at radius 3 is 2.83 bits per heavy atom. The Bertz CT molecular complexity index is 421. The fraction of sp³-hybridized carbons (Fsp3) is 0.786. The molecule has 100 valence electrons. The molecule has 1 aromatic rings. The number of nitrogens with one attached hydrogen (secondary N) is 1. The van der Waals surface area contributed by atoms with E-state index in [2.05, 4.69) is 23.5 Å². The molecule has 4 heteroatoms. The molecule has 1 N–H and O–H groups in total. The SMILES string of the molecule is Cc1nn(C)cc1NC1CCCC12CCOCC2. The van der Waals surface area contributed by atoms with E-state index in [4.69, 9.17) is 4.74 Å². The van der Waals surface area contributed by atoms with Crippen molar-refractivity contribution < 1.29 is 4.74 Å². The maximum absolute atomic E-state index is 5.54. The molecule has 4 nitrogen and oxygen atoms in total. The molecule has 2 fully saturated rings. The molecule has 1 saturated carbocycles. The van der Waals surface area contributed by atoms with Crippen LogP contribution in [0.25, 0.3) is 0 Å². The zero-order valence-electron chi connectivity index (χ0n) is 11.4. The molecule has 3 rings (SSSR count). The predicted molar refractivity (Wildman–Crippen MR) is 71.7 cm³/mol. The number of hydrogen-bond acceptors (Lipinski definition) is 3. The predicted octanol–water partition coefficient (Wildman–Crippen LogP) is 2.49. The average molecular weight is 249 g/mol. The first-order chi connectivity index (χ1) is 8.70. The summed E-state index contributed by atoms with van der Waals surface area (Å²) in [5, 5.41) is 8.17. The highest BCUT2D eigenvalue weighted by molar-refractivity contribution is 5.47. The van der Waals surface area contributed by atoms with Gasteiger partial charge in [0.2, 0.25) is 0 Å². The molecule has 0 aromatic carbocycles. The van der Waals surface area contributed by atoms with Gasteiger partial charge in [0.1, 0.15) is 0 Å². The van der Waals surface area contributed by atoms with E-state index in [1.807, 2.05) is 11.7 Å². The van der Waals surface area contributed by atoms with Gasteiger partial charge in [-0.3, -0.25) is 4.68 Å². The molecule has 1 spiro atoms. The lowest BCUT2D eigenvalue weighted by Gasteiger charge is -2.39. The van der Waals surface area contributed by atoms with Gasteiger partial charge in [-0.15, -0.1) is 0 Å². The van der Waals surface area contributed by atoms with E-state index >= 15 is 0 Å². The van der Waals surface area contributed by atoms with Crippen molar-refractivity contribution in [3.63, 3.8) is 0 Å². The van der Waals surface area contributed by atoms with Crippen LogP contribution in [0.3, 0.4) is 0 Å². The van der Waals surface area contributed by atoms with Gasteiger partial charge in [0, 0.05) is 32.5 Å². The van der Waals surface area contributed by atoms with Crippen molar-refractivity contribution in [3.8, 4) is 0 Å². The molecule has 18 heavy (non-hydrogen) atoms. The van der Waals surface area contributed by atoms with Crippen LogP contribution in [0.1, 0.15) is 37.8 Å². The Hall–Kier alpha value is -1.03. The second-order valence-electron chi connectivity index (χ2n) is 5.87. The Morgan fingerprint density at radius 1 is 1.39 bits per heavy atom. The molecular formula is C14H23N3O. The summed E-state index contributed by atoms with van der Waals surface area (Å²) in [6, 6.07) is 0.601. The van der Waals surface area contributed by atoms with Crippen LogP contribution in [0.2, 0.25) is 0 Å². The van der Waals surface area contributed by atoms with Gasteiger partial charge in [0.05, 0.1) is 11.4 Å². The fourth-order valence-electron chi connectivity index (χ4n) is 3.67. The Balaban J connectivity index is 1.77. The first kappa shape index (κ1) is 12.0. The van der Waals surface area contributed by atoms with Crippen LogP contribution in [0.4, 0.5) is 5.69 Å². The number of nitrogens with zero attached hydrogens (tertiary/aromatic N) is 2. The van der Waals surface area contributed by atoms with E-state index in [9.17, 15) is 0 Å². The molecule has 1 atom stereocenters. The third-order valence-electron chi connectivity index (χ3n) is 4.74. The summed E-state index contributed by atoms with van der Waals surface area (Å²) in [5.41, 5.74) is 2.78. The van der Waals surface area contributed by atoms with Crippen LogP contribution in [0.15, 0.2) is 6.20 Å². The van der Waals surface area contributed by atoms with Crippen LogP contribution >= 0.6 is 0 Å². The summed E-state index contributed by atoms with van der Waals surface area (Å²) >= 11 is 0. The smallest absolute Gasteiger partial charge is 0.0825 e. The standard InChI is InChI=1S/C14H23N3O/c1-11-12(10-17(2)16-11)15-13-4-3-5-14(13)6-8-18-9-7-14/h10,13,15H,3-9H2,1-2H3. The third kappa shape index (κ3) is 2.03. The zero-order valence-corrected chi connectivity index (χ0v) is 11.4. The Morgan fingerprint density at radius 2 is 2.17 bits per heavy atom. The largest absolute Gasteiger partial charge is 0.381 e. The summed E-state index contributed by atoms with van der Waals surface area (Å²) in [6.45, 7) is 3.95. The molecule has 1 aromatic heterocycles. The van der Waals surface area contributed by atoms with Crippen molar-refractivity contribution in [2.45, 2.75) is 45.1 Å². The highest BCUT2D eigenvalue weighted by atomic mass is 16.5. The minimum Gasteiger partial charge on any atom is -0.381 e. The van der Waals surface area contributed by atoms with Gasteiger partial charge < -0.3 is 10.1 Å². The molecule has 2 heterocycles. The second kappa shape index (κ2) is 4.57. The van der Waals surface area contributed by atoms with E-state index in [0.29, 0.717) is 11.5 Å². The summed E-state index contributed by atoms with van der Waals surface area (Å²) in [6.07, 6.45) is 8.51. The van der Waals surface area contributed by atoms with E-state index in [0.717, 1.165) is 18.9 Å². The van der Waals surface area contributed by atoms with Crippen molar-refractivity contribution in [1.82, 2.24) is 9.78 Å². The Labute approximate surface area is 109 Å². The monoisotopic (exact) mass is 249 g/mol. The number of aromatic nitrogens is 2. The lowest BCUT2D eigenvalue weighted by Crippen LogP contribution is -2.40. The van der Waals surface area contributed by atoms with Crippen molar-refractivity contribution in [2.24, 2.45) is 12.5 Å². The highest BCUT2D eigenvalue weighted by Gasteiger charge is 2.43. The molecule has 0 bridgehead atoms. The van der Waals surface area contributed by atoms with Crippen molar-refractivity contribution in [3.05, 3.63) is 11.9 Å². The summed E-state index contributed by atoms with van der Waals surface area (Å²) in [4.78, 5) is 0. The minimum absolute atomic E-state index is 0.473. The normalized spacial score (nSPS) is 26.7. The minimum atomic E-state index is 0.473. The molecule has 0 radical (unpaired) electrons. The van der Waals surface area contributed by atoms with Gasteiger partial charge in [-0.2, -0.15) is 5.10 Å². The molecule has 1 aliphatic heterocycles. The lowest BCUT2D eigenvalue weighted by atomic mass is 9.75. The van der Waals surface area contributed by atoms with Crippen LogP contribution in [-0.2, 0) is 11.8 Å². The lowest BCUT2D eigenvalue weighted by molar-refractivity contribution is 0.0134. The summed E-state index contributed by atoms with van der Waals surface area (Å²) in [5.74, 6) is 0. The second-order valence-corrected chi connectivity index (χ2v) is 5.87. The zero-order chi connectivity index (χ0) is 12.6. The van der Waals surface area contributed by atoms with Gasteiger partial charge in [-0.05, 0) is 38.0 Å². The van der Waals surface area contributed by atoms with Crippen LogP contribution in [0, 0.1) is 12.3 Å². The molecule has 0 amide bonds. The molecule has 1 aliphatic carbocycles. The van der Waals surface area contributed by atoms with Gasteiger partial charge in [-0.1, -0.05) is 6.42 Å². The number of ether oxygens (including phenoxy) is 1. The van der Waals surface area contributed by atoms with Crippen LogP contribution in [-0.4, -0.2) is 29.0 Å². The first-order valence-corrected chi connectivity index (χ1v) is 7.04. The first-order valence-electron chi connectivity index (χ1n) is 7.04. The summed E-state index contributed by atoms with van der Waals surface area (Å²) in [7, 11) is 1.98. The van der Waals surface area contributed by atoms with E-state index < -0.39 is 0 Å². The molecule has 1 unspecified atom stereocenters. The van der Waals surface area contributed by atoms with E-state index in [1.165, 1.54) is 37.8 Å². The molecule has 2 aliphatic rings. The van der Waals surface area contributed by atoms with Gasteiger partial charge in [0.15, 0.2) is 0 Å². The van der Waals surface area contributed by atoms with E-state index in [-0.39, 0.29) is 0 Å². The topological polar surface area (TPSA) is 39.1 Å². The van der Waals surface area contributed by atoms with Gasteiger partial charge in [-0.25, -0.2) is 0 Å². The van der Waals surface area contributed by atoms with Crippen molar-refractivity contribution in [2.75, 3.05) is 18.5 Å². The number of rotatable bonds is 2. The molecule has 1 saturated heterocycles. The number of anilines is 1. The maximum Gasteiger partial charge on any atom is 0.0825 e. The maximum atomic E-state index is 5.54. The highest BCUT2D eigenvalue weighted by Crippen LogP contribution is 2.47. The third-order valence-corrected chi connectivity index (χ3v) is 4.74. The van der Waals surface area contributed by atoms with Gasteiger partial charge >= 0.3 is 0 Å². The number of aryl methyl sites for hydroxylation is 2. The van der Waals surface area contributed by atoms with Crippen LogP contribution in [0.5, 0.6) is 0 Å². The summed E-state index contributed by atoms with van der Waals surface area (Å²) < 4.78 is 7.43. The fourth-order valence-corrected chi connectivity index (χ4v) is 3.67. The molecular weight excluding hydrogens is 226 g/mol. The van der Waals surface area contributed by atoms with E-state index in [1.54, 1.807) is 0 Å². The van der Waals surface area contributed by atoms with Gasteiger partial charge in [0.25, 0.3) is 0 Å². The number of hydrogen-bond donors (Lipinski definition) is 1. The Kier molecular flexibility index (Phi) is 3.06. The quantitative estimate of drug-likeness (QED) is 0.875. The van der Waals surface area contributed by atoms with Crippen molar-refractivity contribution >= 4 is 5.69 Å². The van der Waals surface area contributed by atoms with Crippen molar-refractivity contribution in [1.29, 1.82) is 0 Å². The average Bonchev–Trinajstić information content (AvgIpc) is 2.86. The van der Waals surface area contributed by atoms with Crippen LogP contribution < -0.4 is 5.32 Å².